The van der Waals surface area contributed by atoms with E-state index >= 15 is 0 Å². The lowest BCUT2D eigenvalue weighted by atomic mass is 9.87. The highest BCUT2D eigenvalue weighted by Crippen LogP contribution is 2.44. The van der Waals surface area contributed by atoms with Crippen molar-refractivity contribution in [2.24, 2.45) is 0 Å². The number of anilines is 1. The van der Waals surface area contributed by atoms with E-state index in [1.807, 2.05) is 0 Å². The van der Waals surface area contributed by atoms with Crippen LogP contribution in [-0.2, 0) is 11.0 Å². The first-order valence-corrected chi connectivity index (χ1v) is 6.88. The van der Waals surface area contributed by atoms with Gasteiger partial charge in [0.1, 0.15) is 0 Å². The number of hydrogen-bond acceptors (Lipinski definition) is 2. The molecular formula is C14H10F3NOS. The third kappa shape index (κ3) is 2.20. The first-order valence-electron chi connectivity index (χ1n) is 6.00. The van der Waals surface area contributed by atoms with Crippen molar-refractivity contribution in [3.63, 3.8) is 0 Å². The Labute approximate surface area is 117 Å². The summed E-state index contributed by atoms with van der Waals surface area (Å²) < 4.78 is 39.3. The predicted octanol–water partition coefficient (Wildman–Crippen LogP) is 4.24. The Morgan fingerprint density at radius 2 is 1.95 bits per heavy atom. The van der Waals surface area contributed by atoms with Crippen LogP contribution in [0.1, 0.15) is 28.3 Å². The van der Waals surface area contributed by atoms with E-state index in [-0.39, 0.29) is 17.9 Å². The molecule has 1 aromatic heterocycles. The molecule has 1 N–H and O–H groups in total. The van der Waals surface area contributed by atoms with E-state index in [4.69, 9.17) is 0 Å². The van der Waals surface area contributed by atoms with Gasteiger partial charge < -0.3 is 5.32 Å². The molecule has 1 atom stereocenters. The summed E-state index contributed by atoms with van der Waals surface area (Å²) in [6.07, 6.45) is -4.37. The van der Waals surface area contributed by atoms with Gasteiger partial charge in [0.05, 0.1) is 11.3 Å². The van der Waals surface area contributed by atoms with Crippen LogP contribution in [-0.4, -0.2) is 5.91 Å². The van der Waals surface area contributed by atoms with Crippen molar-refractivity contribution < 1.29 is 18.0 Å². The van der Waals surface area contributed by atoms with Gasteiger partial charge in [-0.2, -0.15) is 13.2 Å². The SMILES string of the molecule is O=C1C[C@H](c2ccccc2C(F)(F)F)c2sccc2N1. The van der Waals surface area contributed by atoms with Crippen molar-refractivity contribution in [1.29, 1.82) is 0 Å². The predicted molar refractivity (Wildman–Crippen MR) is 70.9 cm³/mol. The van der Waals surface area contributed by atoms with E-state index in [0.717, 1.165) is 10.9 Å². The number of carbonyl (C=O) groups excluding carboxylic acids is 1. The number of rotatable bonds is 1. The summed E-state index contributed by atoms with van der Waals surface area (Å²) in [5.41, 5.74) is 0.117. The molecular weight excluding hydrogens is 287 g/mol. The molecule has 0 radical (unpaired) electrons. The fourth-order valence-corrected chi connectivity index (χ4v) is 3.45. The van der Waals surface area contributed by atoms with Crippen molar-refractivity contribution >= 4 is 22.9 Å². The van der Waals surface area contributed by atoms with Crippen LogP contribution >= 0.6 is 11.3 Å². The topological polar surface area (TPSA) is 29.1 Å². The van der Waals surface area contributed by atoms with Crippen LogP contribution in [0.2, 0.25) is 0 Å². The monoisotopic (exact) mass is 297 g/mol. The minimum Gasteiger partial charge on any atom is -0.325 e. The van der Waals surface area contributed by atoms with Crippen molar-refractivity contribution in [2.45, 2.75) is 18.5 Å². The molecule has 1 aliphatic heterocycles. The van der Waals surface area contributed by atoms with E-state index in [2.05, 4.69) is 5.32 Å². The summed E-state index contributed by atoms with van der Waals surface area (Å²) >= 11 is 1.37. The van der Waals surface area contributed by atoms with Gasteiger partial charge in [0.15, 0.2) is 0 Å². The van der Waals surface area contributed by atoms with Gasteiger partial charge in [-0.3, -0.25) is 4.79 Å². The lowest BCUT2D eigenvalue weighted by Gasteiger charge is -2.25. The van der Waals surface area contributed by atoms with Gasteiger partial charge in [0, 0.05) is 17.2 Å². The highest BCUT2D eigenvalue weighted by Gasteiger charge is 2.37. The third-order valence-electron chi connectivity index (χ3n) is 3.32. The summed E-state index contributed by atoms with van der Waals surface area (Å²) in [6, 6.07) is 7.18. The number of alkyl halides is 3. The molecule has 0 spiro atoms. The van der Waals surface area contributed by atoms with Crippen molar-refractivity contribution in [2.75, 3.05) is 5.32 Å². The fraction of sp³-hybridized carbons (Fsp3) is 0.214. The third-order valence-corrected chi connectivity index (χ3v) is 4.35. The van der Waals surface area contributed by atoms with Crippen LogP contribution < -0.4 is 5.32 Å². The first-order chi connectivity index (χ1) is 9.47. The van der Waals surface area contributed by atoms with Crippen LogP contribution in [0.4, 0.5) is 18.9 Å². The van der Waals surface area contributed by atoms with Crippen LogP contribution in [0.15, 0.2) is 35.7 Å². The number of halogens is 3. The molecule has 0 aliphatic carbocycles. The Kier molecular flexibility index (Phi) is 3.05. The zero-order valence-corrected chi connectivity index (χ0v) is 11.0. The van der Waals surface area contributed by atoms with E-state index in [0.29, 0.717) is 5.69 Å². The highest BCUT2D eigenvalue weighted by molar-refractivity contribution is 7.10. The van der Waals surface area contributed by atoms with Crippen LogP contribution in [0.3, 0.4) is 0 Å². The maximum Gasteiger partial charge on any atom is 0.416 e. The summed E-state index contributed by atoms with van der Waals surface area (Å²) in [5.74, 6) is -0.783. The zero-order valence-electron chi connectivity index (χ0n) is 10.2. The van der Waals surface area contributed by atoms with Gasteiger partial charge in [0.25, 0.3) is 0 Å². The Morgan fingerprint density at radius 1 is 1.20 bits per heavy atom. The number of carbonyl (C=O) groups is 1. The standard InChI is InChI=1S/C14H10F3NOS/c15-14(16,17)10-4-2-1-3-8(10)9-7-12(19)18-11-5-6-20-13(9)11/h1-6,9H,7H2,(H,18,19)/t9-/m1/s1. The summed E-state index contributed by atoms with van der Waals surface area (Å²) in [7, 11) is 0. The Hall–Kier alpha value is -1.82. The molecule has 0 fully saturated rings. The number of thiophene rings is 1. The van der Waals surface area contributed by atoms with Gasteiger partial charge in [-0.25, -0.2) is 0 Å². The molecule has 0 unspecified atom stereocenters. The van der Waals surface area contributed by atoms with Gasteiger partial charge in [-0.1, -0.05) is 18.2 Å². The van der Waals surface area contributed by atoms with Gasteiger partial charge in [-0.05, 0) is 23.1 Å². The largest absolute Gasteiger partial charge is 0.416 e. The minimum atomic E-state index is -4.41. The number of hydrogen-bond donors (Lipinski definition) is 1. The summed E-state index contributed by atoms with van der Waals surface area (Å²) in [4.78, 5) is 12.5. The van der Waals surface area contributed by atoms with Gasteiger partial charge in [-0.15, -0.1) is 11.3 Å². The average molecular weight is 297 g/mol. The van der Waals surface area contributed by atoms with E-state index in [1.165, 1.54) is 23.5 Å². The molecule has 0 saturated carbocycles. The molecule has 104 valence electrons. The lowest BCUT2D eigenvalue weighted by Crippen LogP contribution is -2.23. The van der Waals surface area contributed by atoms with Gasteiger partial charge in [0.2, 0.25) is 5.91 Å². The van der Waals surface area contributed by atoms with Crippen LogP contribution in [0.5, 0.6) is 0 Å². The Balaban J connectivity index is 2.14. The molecule has 2 heterocycles. The van der Waals surface area contributed by atoms with Gasteiger partial charge >= 0.3 is 6.18 Å². The van der Waals surface area contributed by atoms with Crippen molar-refractivity contribution in [1.82, 2.24) is 0 Å². The molecule has 1 aliphatic rings. The fourth-order valence-electron chi connectivity index (χ4n) is 2.48. The molecule has 0 saturated heterocycles. The average Bonchev–Trinajstić information content (AvgIpc) is 2.84. The van der Waals surface area contributed by atoms with E-state index in [1.54, 1.807) is 17.5 Å². The second-order valence-corrected chi connectivity index (χ2v) is 5.54. The van der Waals surface area contributed by atoms with Crippen molar-refractivity contribution in [3.05, 3.63) is 51.7 Å². The molecule has 3 rings (SSSR count). The van der Waals surface area contributed by atoms with Crippen molar-refractivity contribution in [3.8, 4) is 0 Å². The first kappa shape index (κ1) is 13.2. The second-order valence-electron chi connectivity index (χ2n) is 4.59. The number of amides is 1. The maximum atomic E-state index is 13.1. The Morgan fingerprint density at radius 3 is 2.70 bits per heavy atom. The summed E-state index contributed by atoms with van der Waals surface area (Å²) in [5, 5.41) is 4.47. The zero-order chi connectivity index (χ0) is 14.3. The van der Waals surface area contributed by atoms with E-state index in [9.17, 15) is 18.0 Å². The number of benzene rings is 1. The molecule has 6 heteroatoms. The number of nitrogens with one attached hydrogen (secondary N) is 1. The molecule has 1 aromatic carbocycles. The molecule has 2 aromatic rings. The highest BCUT2D eigenvalue weighted by atomic mass is 32.1. The maximum absolute atomic E-state index is 13.1. The smallest absolute Gasteiger partial charge is 0.325 e. The molecule has 1 amide bonds. The van der Waals surface area contributed by atoms with Crippen LogP contribution in [0, 0.1) is 0 Å². The molecule has 2 nitrogen and oxygen atoms in total. The molecule has 0 bridgehead atoms. The number of fused-ring (bicyclic) bond motifs is 1. The normalized spacial score (nSPS) is 18.6. The van der Waals surface area contributed by atoms with Crippen LogP contribution in [0.25, 0.3) is 0 Å². The second kappa shape index (κ2) is 4.63. The van der Waals surface area contributed by atoms with E-state index < -0.39 is 17.7 Å². The molecule has 20 heavy (non-hydrogen) atoms. The quantitative estimate of drug-likeness (QED) is 0.838. The summed E-state index contributed by atoms with van der Waals surface area (Å²) in [6.45, 7) is 0. The minimum absolute atomic E-state index is 0.0423. The Bertz CT molecular complexity index is 662. The lowest BCUT2D eigenvalue weighted by molar-refractivity contribution is -0.138.